The first-order chi connectivity index (χ1) is 10.9. The largest absolute Gasteiger partial charge is 0.465 e. The highest BCUT2D eigenvalue weighted by Crippen LogP contribution is 2.17. The van der Waals surface area contributed by atoms with Crippen LogP contribution in [0.3, 0.4) is 0 Å². The number of hydrogen-bond acceptors (Lipinski definition) is 5. The van der Waals surface area contributed by atoms with Gasteiger partial charge in [-0.15, -0.1) is 0 Å². The summed E-state index contributed by atoms with van der Waals surface area (Å²) in [4.78, 5) is 24.9. The van der Waals surface area contributed by atoms with Crippen LogP contribution in [0.25, 0.3) is 0 Å². The van der Waals surface area contributed by atoms with Crippen LogP contribution in [0.1, 0.15) is 21.8 Å². The number of ether oxygens (including phenoxy) is 1. The minimum absolute atomic E-state index is 0.110. The predicted octanol–water partition coefficient (Wildman–Crippen LogP) is 2.57. The first kappa shape index (κ1) is 16.5. The summed E-state index contributed by atoms with van der Waals surface area (Å²) in [6, 6.07) is 4.73. The molecular formula is C15H16FN3O4. The van der Waals surface area contributed by atoms with Gasteiger partial charge in [0.25, 0.3) is 0 Å². The van der Waals surface area contributed by atoms with Crippen molar-refractivity contribution in [2.45, 2.75) is 13.5 Å². The van der Waals surface area contributed by atoms with Crippen LogP contribution in [0.15, 0.2) is 28.8 Å². The van der Waals surface area contributed by atoms with Crippen LogP contribution in [-0.4, -0.2) is 36.2 Å². The van der Waals surface area contributed by atoms with Crippen LogP contribution in [0, 0.1) is 12.7 Å². The molecule has 122 valence electrons. The van der Waals surface area contributed by atoms with Gasteiger partial charge in [0, 0.05) is 13.1 Å². The summed E-state index contributed by atoms with van der Waals surface area (Å²) in [6.45, 7) is 1.94. The first-order valence-electron chi connectivity index (χ1n) is 6.73. The fraction of sp³-hybridized carbons (Fsp3) is 0.267. The third kappa shape index (κ3) is 4.06. The van der Waals surface area contributed by atoms with Gasteiger partial charge in [0.15, 0.2) is 0 Å². The molecule has 0 fully saturated rings. The zero-order valence-electron chi connectivity index (χ0n) is 12.9. The molecular weight excluding hydrogens is 305 g/mol. The minimum Gasteiger partial charge on any atom is -0.465 e. The molecule has 2 amide bonds. The SMILES string of the molecule is COC(=O)c1ccc(F)c(NC(=O)N(C)Cc2cc(C)on2)c1. The molecule has 2 aromatic rings. The Balaban J connectivity index is 2.08. The smallest absolute Gasteiger partial charge is 0.337 e. The van der Waals surface area contributed by atoms with E-state index in [9.17, 15) is 14.0 Å². The molecule has 8 heteroatoms. The standard InChI is InChI=1S/C15H16FN3O4/c1-9-6-11(18-23-9)8-19(2)15(21)17-13-7-10(14(20)22-3)4-5-12(13)16/h4-7H,8H2,1-3H3,(H,17,21). The summed E-state index contributed by atoms with van der Waals surface area (Å²) in [7, 11) is 2.75. The van der Waals surface area contributed by atoms with Crippen LogP contribution in [-0.2, 0) is 11.3 Å². The van der Waals surface area contributed by atoms with Gasteiger partial charge >= 0.3 is 12.0 Å². The number of urea groups is 1. The Bertz CT molecular complexity index is 729. The molecule has 1 N–H and O–H groups in total. The highest BCUT2D eigenvalue weighted by molar-refractivity contribution is 5.94. The molecule has 0 aliphatic heterocycles. The second kappa shape index (κ2) is 6.91. The van der Waals surface area contributed by atoms with E-state index in [1.165, 1.54) is 31.2 Å². The molecule has 7 nitrogen and oxygen atoms in total. The second-order valence-electron chi connectivity index (χ2n) is 4.90. The van der Waals surface area contributed by atoms with Crippen LogP contribution in [0.4, 0.5) is 14.9 Å². The molecule has 0 bridgehead atoms. The maximum absolute atomic E-state index is 13.8. The van der Waals surface area contributed by atoms with E-state index >= 15 is 0 Å². The summed E-state index contributed by atoms with van der Waals surface area (Å²) >= 11 is 0. The summed E-state index contributed by atoms with van der Waals surface area (Å²) in [5, 5.41) is 6.18. The Morgan fingerprint density at radius 1 is 1.39 bits per heavy atom. The maximum Gasteiger partial charge on any atom is 0.337 e. The zero-order chi connectivity index (χ0) is 17.0. The van der Waals surface area contributed by atoms with Crippen molar-refractivity contribution in [3.8, 4) is 0 Å². The van der Waals surface area contributed by atoms with Crippen molar-refractivity contribution in [3.63, 3.8) is 0 Å². The Labute approximate surface area is 132 Å². The molecule has 1 heterocycles. The summed E-state index contributed by atoms with van der Waals surface area (Å²) in [5.74, 6) is -0.644. The average molecular weight is 321 g/mol. The number of esters is 1. The molecule has 0 spiro atoms. The van der Waals surface area contributed by atoms with Gasteiger partial charge in [0.05, 0.1) is 24.9 Å². The van der Waals surface area contributed by atoms with Gasteiger partial charge in [-0.25, -0.2) is 14.0 Å². The quantitative estimate of drug-likeness (QED) is 0.875. The van der Waals surface area contributed by atoms with Crippen molar-refractivity contribution in [1.29, 1.82) is 0 Å². The van der Waals surface area contributed by atoms with E-state index in [0.717, 1.165) is 6.07 Å². The number of hydrogen-bond donors (Lipinski definition) is 1. The van der Waals surface area contributed by atoms with E-state index in [0.29, 0.717) is 11.5 Å². The number of carbonyl (C=O) groups is 2. The van der Waals surface area contributed by atoms with Crippen molar-refractivity contribution in [3.05, 3.63) is 47.1 Å². The van der Waals surface area contributed by atoms with Crippen LogP contribution in [0.5, 0.6) is 0 Å². The highest BCUT2D eigenvalue weighted by Gasteiger charge is 2.15. The number of aromatic nitrogens is 1. The monoisotopic (exact) mass is 321 g/mol. The Morgan fingerprint density at radius 3 is 2.74 bits per heavy atom. The van der Waals surface area contributed by atoms with Crippen LogP contribution >= 0.6 is 0 Å². The van der Waals surface area contributed by atoms with Gasteiger partial charge in [0.2, 0.25) is 0 Å². The molecule has 0 saturated heterocycles. The second-order valence-corrected chi connectivity index (χ2v) is 4.90. The molecule has 0 aliphatic carbocycles. The van der Waals surface area contributed by atoms with Gasteiger partial charge in [-0.3, -0.25) is 0 Å². The van der Waals surface area contributed by atoms with Crippen molar-refractivity contribution < 1.29 is 23.2 Å². The van der Waals surface area contributed by atoms with Crippen molar-refractivity contribution in [2.75, 3.05) is 19.5 Å². The van der Waals surface area contributed by atoms with E-state index in [1.54, 1.807) is 13.0 Å². The molecule has 0 atom stereocenters. The van der Waals surface area contributed by atoms with E-state index in [4.69, 9.17) is 4.52 Å². The summed E-state index contributed by atoms with van der Waals surface area (Å²) in [5.41, 5.74) is 0.601. The Kier molecular flexibility index (Phi) is 4.95. The number of aryl methyl sites for hydroxylation is 1. The molecule has 0 radical (unpaired) electrons. The lowest BCUT2D eigenvalue weighted by Crippen LogP contribution is -2.31. The van der Waals surface area contributed by atoms with Gasteiger partial charge in [0.1, 0.15) is 17.3 Å². The van der Waals surface area contributed by atoms with Gasteiger partial charge in [-0.05, 0) is 25.1 Å². The van der Waals surface area contributed by atoms with Crippen LogP contribution < -0.4 is 5.32 Å². The molecule has 0 aliphatic rings. The lowest BCUT2D eigenvalue weighted by molar-refractivity contribution is 0.0600. The van der Waals surface area contributed by atoms with E-state index in [2.05, 4.69) is 15.2 Å². The topological polar surface area (TPSA) is 84.7 Å². The maximum atomic E-state index is 13.8. The lowest BCUT2D eigenvalue weighted by atomic mass is 10.2. The normalized spacial score (nSPS) is 10.3. The van der Waals surface area contributed by atoms with Gasteiger partial charge in [-0.2, -0.15) is 0 Å². The summed E-state index contributed by atoms with van der Waals surface area (Å²) < 4.78 is 23.3. The number of nitrogens with zero attached hydrogens (tertiary/aromatic N) is 2. The molecule has 1 aromatic heterocycles. The third-order valence-corrected chi connectivity index (χ3v) is 3.05. The number of amides is 2. The average Bonchev–Trinajstić information content (AvgIpc) is 2.93. The fourth-order valence-electron chi connectivity index (χ4n) is 1.88. The molecule has 0 saturated carbocycles. The number of halogens is 1. The lowest BCUT2D eigenvalue weighted by Gasteiger charge is -2.17. The number of nitrogens with one attached hydrogen (secondary N) is 1. The molecule has 23 heavy (non-hydrogen) atoms. The number of benzene rings is 1. The minimum atomic E-state index is -0.656. The molecule has 0 unspecified atom stereocenters. The van der Waals surface area contributed by atoms with Crippen LogP contribution in [0.2, 0.25) is 0 Å². The Hall–Kier alpha value is -2.90. The van der Waals surface area contributed by atoms with Crippen molar-refractivity contribution in [1.82, 2.24) is 10.1 Å². The molecule has 2 rings (SSSR count). The predicted molar refractivity (Wildman–Crippen MR) is 79.5 cm³/mol. The first-order valence-corrected chi connectivity index (χ1v) is 6.73. The van der Waals surface area contributed by atoms with Gasteiger partial charge in [-0.1, -0.05) is 5.16 Å². The van der Waals surface area contributed by atoms with E-state index in [-0.39, 0.29) is 17.8 Å². The number of rotatable bonds is 4. The highest BCUT2D eigenvalue weighted by atomic mass is 19.1. The summed E-state index contributed by atoms with van der Waals surface area (Å²) in [6.07, 6.45) is 0. The van der Waals surface area contributed by atoms with Gasteiger partial charge < -0.3 is 19.5 Å². The number of anilines is 1. The zero-order valence-corrected chi connectivity index (χ0v) is 12.9. The number of methoxy groups -OCH3 is 1. The number of carbonyl (C=O) groups excluding carboxylic acids is 2. The van der Waals surface area contributed by atoms with E-state index in [1.807, 2.05) is 0 Å². The van der Waals surface area contributed by atoms with E-state index < -0.39 is 17.8 Å². The van der Waals surface area contributed by atoms with Crippen molar-refractivity contribution in [2.24, 2.45) is 0 Å². The third-order valence-electron chi connectivity index (χ3n) is 3.05. The Morgan fingerprint density at radius 2 is 2.13 bits per heavy atom. The fourth-order valence-corrected chi connectivity index (χ4v) is 1.88. The van der Waals surface area contributed by atoms with Crippen molar-refractivity contribution >= 4 is 17.7 Å². The molecule has 1 aromatic carbocycles.